The van der Waals surface area contributed by atoms with Gasteiger partial charge in [0.1, 0.15) is 0 Å². The van der Waals surface area contributed by atoms with E-state index in [1.165, 1.54) is 14.3 Å². The van der Waals surface area contributed by atoms with Gasteiger partial charge in [-0.2, -0.15) is 0 Å². The molecule has 1 unspecified atom stereocenters. The minimum atomic E-state index is 0.310. The van der Waals surface area contributed by atoms with E-state index in [0.717, 1.165) is 6.54 Å². The highest BCUT2D eigenvalue weighted by molar-refractivity contribution is 7.26. The highest BCUT2D eigenvalue weighted by Crippen LogP contribution is 2.33. The van der Waals surface area contributed by atoms with Crippen molar-refractivity contribution in [2.75, 3.05) is 6.54 Å². The molecule has 0 amide bonds. The van der Waals surface area contributed by atoms with Crippen molar-refractivity contribution < 1.29 is 0 Å². The summed E-state index contributed by atoms with van der Waals surface area (Å²) in [7, 11) is 0. The van der Waals surface area contributed by atoms with Crippen LogP contribution in [0.15, 0.2) is 30.2 Å². The molecule has 0 radical (unpaired) electrons. The van der Waals surface area contributed by atoms with Crippen LogP contribution in [0.4, 0.5) is 0 Å². The van der Waals surface area contributed by atoms with Crippen LogP contribution in [-0.2, 0) is 0 Å². The largest absolute Gasteiger partial charge is 0.306 e. The van der Waals surface area contributed by atoms with Gasteiger partial charge in [-0.15, -0.1) is 29.3 Å². The number of thiophene rings is 2. The second-order valence-electron chi connectivity index (χ2n) is 3.07. The van der Waals surface area contributed by atoms with Crippen molar-refractivity contribution in [3.63, 3.8) is 0 Å². The Morgan fingerprint density at radius 1 is 1.57 bits per heavy atom. The van der Waals surface area contributed by atoms with E-state index in [4.69, 9.17) is 0 Å². The average molecular weight is 223 g/mol. The van der Waals surface area contributed by atoms with E-state index in [0.29, 0.717) is 6.04 Å². The lowest BCUT2D eigenvalue weighted by Gasteiger charge is -2.10. The summed E-state index contributed by atoms with van der Waals surface area (Å²) in [5, 5.41) is 5.54. The topological polar surface area (TPSA) is 12.0 Å². The summed E-state index contributed by atoms with van der Waals surface area (Å²) in [6.45, 7) is 6.95. The van der Waals surface area contributed by atoms with Crippen molar-refractivity contribution in [2.24, 2.45) is 0 Å². The molecule has 0 saturated carbocycles. The van der Waals surface area contributed by atoms with Crippen LogP contribution in [0.5, 0.6) is 0 Å². The lowest BCUT2D eigenvalue weighted by molar-refractivity contribution is 0.659. The SMILES string of the molecule is C=CC(NCC)c1cc2sccc2s1. The van der Waals surface area contributed by atoms with Crippen LogP contribution in [0, 0.1) is 0 Å². The smallest absolute Gasteiger partial charge is 0.0598 e. The summed E-state index contributed by atoms with van der Waals surface area (Å²) in [6, 6.07) is 4.75. The van der Waals surface area contributed by atoms with Crippen LogP contribution in [-0.4, -0.2) is 6.54 Å². The van der Waals surface area contributed by atoms with Gasteiger partial charge >= 0.3 is 0 Å². The molecule has 2 aromatic rings. The van der Waals surface area contributed by atoms with Crippen molar-refractivity contribution in [2.45, 2.75) is 13.0 Å². The molecule has 0 aliphatic rings. The van der Waals surface area contributed by atoms with E-state index >= 15 is 0 Å². The Labute approximate surface area is 92.1 Å². The maximum atomic E-state index is 3.86. The fourth-order valence-corrected chi connectivity index (χ4v) is 3.65. The Morgan fingerprint density at radius 2 is 2.43 bits per heavy atom. The van der Waals surface area contributed by atoms with Gasteiger partial charge in [0.05, 0.1) is 6.04 Å². The zero-order valence-electron chi connectivity index (χ0n) is 8.12. The standard InChI is InChI=1S/C11H13NS2/c1-3-8(12-4-2)10-7-11-9(14-10)5-6-13-11/h3,5-8,12H,1,4H2,2H3. The molecular formula is C11H13NS2. The van der Waals surface area contributed by atoms with Crippen molar-refractivity contribution in [3.05, 3.63) is 35.0 Å². The molecule has 0 aliphatic heterocycles. The third-order valence-electron chi connectivity index (χ3n) is 2.12. The molecule has 74 valence electrons. The zero-order chi connectivity index (χ0) is 9.97. The number of hydrogen-bond acceptors (Lipinski definition) is 3. The van der Waals surface area contributed by atoms with Crippen LogP contribution < -0.4 is 5.32 Å². The quantitative estimate of drug-likeness (QED) is 0.777. The van der Waals surface area contributed by atoms with Gasteiger partial charge in [-0.25, -0.2) is 0 Å². The molecule has 2 aromatic heterocycles. The maximum absolute atomic E-state index is 3.86. The first-order valence-corrected chi connectivity index (χ1v) is 6.37. The first-order chi connectivity index (χ1) is 6.85. The number of nitrogens with one attached hydrogen (secondary N) is 1. The highest BCUT2D eigenvalue weighted by atomic mass is 32.1. The summed E-state index contributed by atoms with van der Waals surface area (Å²) in [4.78, 5) is 1.36. The Morgan fingerprint density at radius 3 is 3.07 bits per heavy atom. The van der Waals surface area contributed by atoms with Gasteiger partial charge in [0.25, 0.3) is 0 Å². The minimum absolute atomic E-state index is 0.310. The van der Waals surface area contributed by atoms with E-state index in [-0.39, 0.29) is 0 Å². The molecule has 14 heavy (non-hydrogen) atoms. The van der Waals surface area contributed by atoms with Gasteiger partial charge in [0.2, 0.25) is 0 Å². The van der Waals surface area contributed by atoms with Gasteiger partial charge < -0.3 is 5.32 Å². The number of likely N-dealkylation sites (N-methyl/N-ethyl adjacent to an activating group) is 1. The van der Waals surface area contributed by atoms with Crippen LogP contribution >= 0.6 is 22.7 Å². The summed E-state index contributed by atoms with van der Waals surface area (Å²) >= 11 is 3.66. The average Bonchev–Trinajstić information content (AvgIpc) is 2.73. The Hall–Kier alpha value is -0.640. The minimum Gasteiger partial charge on any atom is -0.306 e. The lowest BCUT2D eigenvalue weighted by atomic mass is 10.2. The fraction of sp³-hybridized carbons (Fsp3) is 0.273. The second kappa shape index (κ2) is 4.26. The zero-order valence-corrected chi connectivity index (χ0v) is 9.75. The molecule has 1 nitrogen and oxygen atoms in total. The Bertz CT molecular complexity index is 399. The molecule has 0 bridgehead atoms. The van der Waals surface area contributed by atoms with Crippen molar-refractivity contribution in [3.8, 4) is 0 Å². The molecule has 0 spiro atoms. The van der Waals surface area contributed by atoms with Crippen molar-refractivity contribution in [1.82, 2.24) is 5.32 Å². The van der Waals surface area contributed by atoms with E-state index in [1.54, 1.807) is 11.3 Å². The first-order valence-electron chi connectivity index (χ1n) is 4.68. The second-order valence-corrected chi connectivity index (χ2v) is 5.13. The first kappa shape index (κ1) is 9.90. The summed E-state index contributed by atoms with van der Waals surface area (Å²) in [5.74, 6) is 0. The van der Waals surface area contributed by atoms with Crippen LogP contribution in [0.1, 0.15) is 17.8 Å². The molecule has 0 saturated heterocycles. The predicted molar refractivity (Wildman–Crippen MR) is 66.3 cm³/mol. The molecule has 1 N–H and O–H groups in total. The Balaban J connectivity index is 2.32. The molecule has 0 aliphatic carbocycles. The van der Waals surface area contributed by atoms with E-state index in [1.807, 2.05) is 17.4 Å². The van der Waals surface area contributed by atoms with Gasteiger partial charge in [0.15, 0.2) is 0 Å². The van der Waals surface area contributed by atoms with Crippen LogP contribution in [0.2, 0.25) is 0 Å². The van der Waals surface area contributed by atoms with E-state index < -0.39 is 0 Å². The Kier molecular flexibility index (Phi) is 3.01. The van der Waals surface area contributed by atoms with Gasteiger partial charge in [-0.05, 0) is 24.1 Å². The number of fused-ring (bicyclic) bond motifs is 1. The van der Waals surface area contributed by atoms with Gasteiger partial charge in [-0.1, -0.05) is 13.0 Å². The van der Waals surface area contributed by atoms with E-state index in [2.05, 4.69) is 36.3 Å². The van der Waals surface area contributed by atoms with Crippen molar-refractivity contribution >= 4 is 32.1 Å². The molecule has 0 aromatic carbocycles. The number of rotatable bonds is 4. The number of hydrogen-bond donors (Lipinski definition) is 1. The summed E-state index contributed by atoms with van der Waals surface area (Å²) in [5.41, 5.74) is 0. The molecule has 2 rings (SSSR count). The third-order valence-corrected chi connectivity index (χ3v) is 4.30. The predicted octanol–water partition coefficient (Wildman–Crippen LogP) is 3.80. The third kappa shape index (κ3) is 1.75. The maximum Gasteiger partial charge on any atom is 0.0598 e. The summed E-state index contributed by atoms with van der Waals surface area (Å²) < 4.78 is 2.77. The normalized spacial score (nSPS) is 13.2. The molecule has 3 heteroatoms. The molecule has 1 atom stereocenters. The molecule has 0 fully saturated rings. The van der Waals surface area contributed by atoms with Crippen LogP contribution in [0.3, 0.4) is 0 Å². The summed E-state index contributed by atoms with van der Waals surface area (Å²) in [6.07, 6.45) is 1.97. The fourth-order valence-electron chi connectivity index (χ4n) is 1.46. The van der Waals surface area contributed by atoms with Crippen LogP contribution in [0.25, 0.3) is 9.40 Å². The van der Waals surface area contributed by atoms with Crippen molar-refractivity contribution in [1.29, 1.82) is 0 Å². The molecule has 2 heterocycles. The lowest BCUT2D eigenvalue weighted by Crippen LogP contribution is -2.17. The molecular weight excluding hydrogens is 210 g/mol. The van der Waals surface area contributed by atoms with E-state index in [9.17, 15) is 0 Å². The highest BCUT2D eigenvalue weighted by Gasteiger charge is 2.10. The van der Waals surface area contributed by atoms with Gasteiger partial charge in [0, 0.05) is 14.3 Å². The monoisotopic (exact) mass is 223 g/mol. The van der Waals surface area contributed by atoms with Gasteiger partial charge in [-0.3, -0.25) is 0 Å².